The van der Waals surface area contributed by atoms with E-state index in [-0.39, 0.29) is 0 Å². The van der Waals surface area contributed by atoms with E-state index in [1.807, 2.05) is 0 Å². The second-order valence-corrected chi connectivity index (χ2v) is 5.55. The highest BCUT2D eigenvalue weighted by Crippen LogP contribution is 2.52. The molecule has 0 radical (unpaired) electrons. The van der Waals surface area contributed by atoms with E-state index in [4.69, 9.17) is 5.73 Å². The molecule has 2 aliphatic rings. The highest BCUT2D eigenvalue weighted by molar-refractivity contribution is 4.95. The predicted octanol–water partition coefficient (Wildman–Crippen LogP) is 3.33. The van der Waals surface area contributed by atoms with Crippen molar-refractivity contribution in [1.29, 1.82) is 0 Å². The molecule has 2 rings (SSSR count). The lowest BCUT2D eigenvalue weighted by Crippen LogP contribution is -2.45. The zero-order valence-electron chi connectivity index (χ0n) is 9.60. The van der Waals surface area contributed by atoms with Gasteiger partial charge >= 0.3 is 0 Å². The zero-order valence-corrected chi connectivity index (χ0v) is 9.60. The normalized spacial score (nSPS) is 36.4. The van der Waals surface area contributed by atoms with E-state index < -0.39 is 0 Å². The summed E-state index contributed by atoms with van der Waals surface area (Å²) in [5.74, 6) is 2.00. The highest BCUT2D eigenvalue weighted by Gasteiger charge is 2.43. The molecule has 2 saturated carbocycles. The van der Waals surface area contributed by atoms with Crippen LogP contribution in [0.1, 0.15) is 58.3 Å². The Balaban J connectivity index is 1.88. The van der Waals surface area contributed by atoms with E-state index in [1.165, 1.54) is 51.4 Å². The number of hydrogen-bond acceptors (Lipinski definition) is 1. The first-order chi connectivity index (χ1) is 6.80. The second-order valence-electron chi connectivity index (χ2n) is 5.55. The molecule has 0 heterocycles. The van der Waals surface area contributed by atoms with Gasteiger partial charge in [-0.1, -0.05) is 32.6 Å². The summed E-state index contributed by atoms with van der Waals surface area (Å²) in [5.41, 5.74) is 6.56. The maximum absolute atomic E-state index is 5.97. The van der Waals surface area contributed by atoms with Gasteiger partial charge in [0.25, 0.3) is 0 Å². The van der Waals surface area contributed by atoms with Crippen molar-refractivity contribution in [2.24, 2.45) is 23.0 Å². The molecule has 0 unspecified atom stereocenters. The van der Waals surface area contributed by atoms with Crippen LogP contribution in [0.3, 0.4) is 0 Å². The van der Waals surface area contributed by atoms with Crippen LogP contribution in [0.25, 0.3) is 0 Å². The quantitative estimate of drug-likeness (QED) is 0.734. The molecule has 0 aromatic carbocycles. The Morgan fingerprint density at radius 3 is 2.14 bits per heavy atom. The molecule has 2 fully saturated rings. The van der Waals surface area contributed by atoms with Gasteiger partial charge in [-0.3, -0.25) is 0 Å². The van der Waals surface area contributed by atoms with Crippen molar-refractivity contribution in [1.82, 2.24) is 0 Å². The largest absolute Gasteiger partial charge is 0.330 e. The molecule has 0 saturated heterocycles. The molecule has 0 atom stereocenters. The van der Waals surface area contributed by atoms with Crippen LogP contribution in [-0.2, 0) is 0 Å². The molecule has 2 N–H and O–H groups in total. The topological polar surface area (TPSA) is 26.0 Å². The minimum atomic E-state index is 0.596. The molecule has 0 aromatic rings. The smallest absolute Gasteiger partial charge is 0.00179 e. The van der Waals surface area contributed by atoms with E-state index in [1.54, 1.807) is 0 Å². The monoisotopic (exact) mass is 195 g/mol. The van der Waals surface area contributed by atoms with Gasteiger partial charge in [-0.2, -0.15) is 0 Å². The van der Waals surface area contributed by atoms with Gasteiger partial charge in [0.1, 0.15) is 0 Å². The van der Waals surface area contributed by atoms with Crippen LogP contribution in [0.15, 0.2) is 0 Å². The fourth-order valence-electron chi connectivity index (χ4n) is 3.59. The lowest BCUT2D eigenvalue weighted by Gasteiger charge is -2.49. The average molecular weight is 195 g/mol. The Bertz CT molecular complexity index is 170. The Morgan fingerprint density at radius 2 is 1.79 bits per heavy atom. The molecular weight excluding hydrogens is 170 g/mol. The van der Waals surface area contributed by atoms with Crippen LogP contribution in [0.2, 0.25) is 0 Å². The Hall–Kier alpha value is -0.0400. The SMILES string of the molecule is CCC1CCC(C2(CN)CCC2)CC1. The molecule has 0 amide bonds. The van der Waals surface area contributed by atoms with E-state index >= 15 is 0 Å². The van der Waals surface area contributed by atoms with Gasteiger partial charge in [-0.05, 0) is 49.5 Å². The van der Waals surface area contributed by atoms with Crippen LogP contribution >= 0.6 is 0 Å². The Kier molecular flexibility index (Phi) is 3.16. The van der Waals surface area contributed by atoms with Crippen molar-refractivity contribution in [3.05, 3.63) is 0 Å². The van der Waals surface area contributed by atoms with Crippen molar-refractivity contribution in [2.45, 2.75) is 58.3 Å². The van der Waals surface area contributed by atoms with E-state index in [0.717, 1.165) is 18.4 Å². The third kappa shape index (κ3) is 1.71. The molecular formula is C13H25N. The molecule has 14 heavy (non-hydrogen) atoms. The Morgan fingerprint density at radius 1 is 1.14 bits per heavy atom. The lowest BCUT2D eigenvalue weighted by atomic mass is 9.57. The van der Waals surface area contributed by atoms with Crippen LogP contribution in [0.5, 0.6) is 0 Å². The molecule has 0 bridgehead atoms. The van der Waals surface area contributed by atoms with Crippen molar-refractivity contribution >= 4 is 0 Å². The summed E-state index contributed by atoms with van der Waals surface area (Å²) in [5, 5.41) is 0. The summed E-state index contributed by atoms with van der Waals surface area (Å²) < 4.78 is 0. The summed E-state index contributed by atoms with van der Waals surface area (Å²) in [6, 6.07) is 0. The van der Waals surface area contributed by atoms with Gasteiger partial charge in [0.2, 0.25) is 0 Å². The number of nitrogens with two attached hydrogens (primary N) is 1. The second kappa shape index (κ2) is 4.22. The first kappa shape index (κ1) is 10.5. The van der Waals surface area contributed by atoms with Crippen molar-refractivity contribution < 1.29 is 0 Å². The van der Waals surface area contributed by atoms with Crippen LogP contribution in [-0.4, -0.2) is 6.54 Å². The molecule has 0 aliphatic heterocycles. The summed E-state index contributed by atoms with van der Waals surface area (Å²) in [6.07, 6.45) is 11.6. The van der Waals surface area contributed by atoms with Crippen LogP contribution in [0, 0.1) is 17.3 Å². The Labute approximate surface area is 88.4 Å². The van der Waals surface area contributed by atoms with Gasteiger partial charge in [0.15, 0.2) is 0 Å². The summed E-state index contributed by atoms with van der Waals surface area (Å²) in [6.45, 7) is 3.29. The third-order valence-electron chi connectivity index (χ3n) is 5.05. The first-order valence-corrected chi connectivity index (χ1v) is 6.51. The summed E-state index contributed by atoms with van der Waals surface area (Å²) in [4.78, 5) is 0. The zero-order chi connectivity index (χ0) is 10.0. The van der Waals surface area contributed by atoms with Crippen LogP contribution < -0.4 is 5.73 Å². The van der Waals surface area contributed by atoms with Gasteiger partial charge in [-0.15, -0.1) is 0 Å². The fourth-order valence-corrected chi connectivity index (χ4v) is 3.59. The molecule has 1 heteroatoms. The highest BCUT2D eigenvalue weighted by atomic mass is 14.6. The average Bonchev–Trinajstić information content (AvgIpc) is 2.18. The maximum atomic E-state index is 5.97. The van der Waals surface area contributed by atoms with Crippen molar-refractivity contribution in [3.8, 4) is 0 Å². The number of hydrogen-bond donors (Lipinski definition) is 1. The fraction of sp³-hybridized carbons (Fsp3) is 1.00. The van der Waals surface area contributed by atoms with E-state index in [9.17, 15) is 0 Å². The van der Waals surface area contributed by atoms with Gasteiger partial charge in [-0.25, -0.2) is 0 Å². The predicted molar refractivity (Wildman–Crippen MR) is 61.1 cm³/mol. The maximum Gasteiger partial charge on any atom is -0.00179 e. The molecule has 1 nitrogen and oxygen atoms in total. The van der Waals surface area contributed by atoms with Gasteiger partial charge in [0.05, 0.1) is 0 Å². The lowest BCUT2D eigenvalue weighted by molar-refractivity contribution is 0.0251. The summed E-state index contributed by atoms with van der Waals surface area (Å²) >= 11 is 0. The molecule has 0 spiro atoms. The van der Waals surface area contributed by atoms with Gasteiger partial charge < -0.3 is 5.73 Å². The molecule has 2 aliphatic carbocycles. The van der Waals surface area contributed by atoms with Crippen molar-refractivity contribution in [2.75, 3.05) is 6.54 Å². The minimum Gasteiger partial charge on any atom is -0.330 e. The standard InChI is InChI=1S/C13H25N/c1-2-11-4-6-12(7-5-11)13(10-14)8-3-9-13/h11-12H,2-10,14H2,1H3. The minimum absolute atomic E-state index is 0.596. The van der Waals surface area contributed by atoms with E-state index in [0.29, 0.717) is 5.41 Å². The first-order valence-electron chi connectivity index (χ1n) is 6.51. The number of rotatable bonds is 3. The van der Waals surface area contributed by atoms with Gasteiger partial charge in [0, 0.05) is 0 Å². The van der Waals surface area contributed by atoms with Crippen LogP contribution in [0.4, 0.5) is 0 Å². The molecule has 0 aromatic heterocycles. The van der Waals surface area contributed by atoms with Crippen molar-refractivity contribution in [3.63, 3.8) is 0 Å². The molecule has 82 valence electrons. The van der Waals surface area contributed by atoms with E-state index in [2.05, 4.69) is 6.92 Å². The summed E-state index contributed by atoms with van der Waals surface area (Å²) in [7, 11) is 0. The third-order valence-corrected chi connectivity index (χ3v) is 5.05.